The van der Waals surface area contributed by atoms with Crippen molar-refractivity contribution in [2.75, 3.05) is 5.32 Å². The van der Waals surface area contributed by atoms with Crippen LogP contribution in [0.25, 0.3) is 0 Å². The van der Waals surface area contributed by atoms with Gasteiger partial charge in [-0.2, -0.15) is 13.2 Å². The standard InChI is InChI=1S/C13H10F3N3O2/c14-13(15,16)8-3-5-9(6-4-8)18-10-2-1-7-17-11(10)12(20)19-21/h1-7,18,21H,(H,19,20). The first-order chi connectivity index (χ1) is 9.91. The highest BCUT2D eigenvalue weighted by Gasteiger charge is 2.29. The van der Waals surface area contributed by atoms with Gasteiger partial charge in [-0.3, -0.25) is 10.0 Å². The van der Waals surface area contributed by atoms with Crippen molar-refractivity contribution in [1.82, 2.24) is 10.5 Å². The first-order valence-corrected chi connectivity index (χ1v) is 5.75. The monoisotopic (exact) mass is 297 g/mol. The van der Waals surface area contributed by atoms with E-state index in [-0.39, 0.29) is 11.4 Å². The number of halogens is 3. The lowest BCUT2D eigenvalue weighted by Gasteiger charge is -2.11. The number of hydrogen-bond acceptors (Lipinski definition) is 4. The van der Waals surface area contributed by atoms with Gasteiger partial charge in [-0.25, -0.2) is 10.5 Å². The highest BCUT2D eigenvalue weighted by atomic mass is 19.4. The topological polar surface area (TPSA) is 74.2 Å². The predicted molar refractivity (Wildman–Crippen MR) is 68.2 cm³/mol. The first-order valence-electron chi connectivity index (χ1n) is 5.75. The summed E-state index contributed by atoms with van der Waals surface area (Å²) in [5, 5.41) is 11.4. The summed E-state index contributed by atoms with van der Waals surface area (Å²) >= 11 is 0. The van der Waals surface area contributed by atoms with Crippen molar-refractivity contribution >= 4 is 17.3 Å². The number of alkyl halides is 3. The van der Waals surface area contributed by atoms with Gasteiger partial charge in [-0.05, 0) is 36.4 Å². The molecule has 2 aromatic rings. The molecule has 21 heavy (non-hydrogen) atoms. The fourth-order valence-electron chi connectivity index (χ4n) is 1.64. The van der Waals surface area contributed by atoms with Gasteiger partial charge in [0.2, 0.25) is 0 Å². The summed E-state index contributed by atoms with van der Waals surface area (Å²) in [7, 11) is 0. The summed E-state index contributed by atoms with van der Waals surface area (Å²) < 4.78 is 37.4. The number of carbonyl (C=O) groups excluding carboxylic acids is 1. The minimum atomic E-state index is -4.41. The Morgan fingerprint density at radius 1 is 1.14 bits per heavy atom. The third-order valence-electron chi connectivity index (χ3n) is 2.62. The van der Waals surface area contributed by atoms with Gasteiger partial charge in [0.1, 0.15) is 0 Å². The Balaban J connectivity index is 2.25. The van der Waals surface area contributed by atoms with Crippen molar-refractivity contribution in [2.45, 2.75) is 6.18 Å². The number of amides is 1. The molecule has 110 valence electrons. The van der Waals surface area contributed by atoms with Crippen LogP contribution in [0.4, 0.5) is 24.5 Å². The van der Waals surface area contributed by atoms with Gasteiger partial charge < -0.3 is 5.32 Å². The maximum atomic E-state index is 12.5. The number of hydroxylamine groups is 1. The number of hydrogen-bond donors (Lipinski definition) is 3. The number of benzene rings is 1. The zero-order chi connectivity index (χ0) is 15.5. The Kier molecular flexibility index (Phi) is 4.08. The lowest BCUT2D eigenvalue weighted by atomic mass is 10.2. The van der Waals surface area contributed by atoms with Crippen LogP contribution < -0.4 is 10.8 Å². The van der Waals surface area contributed by atoms with Gasteiger partial charge in [-0.15, -0.1) is 0 Å². The van der Waals surface area contributed by atoms with Gasteiger partial charge in [0.25, 0.3) is 5.91 Å². The Morgan fingerprint density at radius 2 is 1.81 bits per heavy atom. The van der Waals surface area contributed by atoms with Crippen molar-refractivity contribution in [2.24, 2.45) is 0 Å². The van der Waals surface area contributed by atoms with Crippen LogP contribution in [0.5, 0.6) is 0 Å². The predicted octanol–water partition coefficient (Wildman–Crippen LogP) is 2.96. The van der Waals surface area contributed by atoms with Gasteiger partial charge in [0.05, 0.1) is 11.3 Å². The lowest BCUT2D eigenvalue weighted by Crippen LogP contribution is -2.21. The molecule has 0 saturated carbocycles. The average Bonchev–Trinajstić information content (AvgIpc) is 2.46. The second kappa shape index (κ2) is 5.80. The molecule has 0 aliphatic carbocycles. The molecule has 5 nitrogen and oxygen atoms in total. The summed E-state index contributed by atoms with van der Waals surface area (Å²) in [5.74, 6) is -0.829. The van der Waals surface area contributed by atoms with E-state index in [1.807, 2.05) is 0 Å². The van der Waals surface area contributed by atoms with E-state index in [0.29, 0.717) is 5.69 Å². The van der Waals surface area contributed by atoms with E-state index in [2.05, 4.69) is 10.3 Å². The molecule has 0 saturated heterocycles. The molecule has 1 aromatic heterocycles. The molecule has 3 N–H and O–H groups in total. The second-order valence-electron chi connectivity index (χ2n) is 4.04. The van der Waals surface area contributed by atoms with Crippen molar-refractivity contribution in [3.63, 3.8) is 0 Å². The Hall–Kier alpha value is -2.61. The highest BCUT2D eigenvalue weighted by molar-refractivity contribution is 5.97. The highest BCUT2D eigenvalue weighted by Crippen LogP contribution is 2.30. The average molecular weight is 297 g/mol. The molecule has 0 atom stereocenters. The number of carbonyl (C=O) groups is 1. The van der Waals surface area contributed by atoms with E-state index in [9.17, 15) is 18.0 Å². The third-order valence-corrected chi connectivity index (χ3v) is 2.62. The number of nitrogens with one attached hydrogen (secondary N) is 2. The van der Waals surface area contributed by atoms with Gasteiger partial charge in [0.15, 0.2) is 5.69 Å². The minimum Gasteiger partial charge on any atom is -0.354 e. The number of nitrogens with zero attached hydrogens (tertiary/aromatic N) is 1. The maximum Gasteiger partial charge on any atom is 0.416 e. The molecule has 0 radical (unpaired) electrons. The molecule has 0 spiro atoms. The number of aromatic nitrogens is 1. The molecule has 0 aliphatic rings. The van der Waals surface area contributed by atoms with Crippen LogP contribution in [0, 0.1) is 0 Å². The van der Waals surface area contributed by atoms with E-state index in [4.69, 9.17) is 5.21 Å². The molecule has 0 unspecified atom stereocenters. The number of anilines is 2. The van der Waals surface area contributed by atoms with Crippen LogP contribution in [0.15, 0.2) is 42.6 Å². The van der Waals surface area contributed by atoms with Gasteiger partial charge in [-0.1, -0.05) is 0 Å². The van der Waals surface area contributed by atoms with Crippen molar-refractivity contribution in [1.29, 1.82) is 0 Å². The van der Waals surface area contributed by atoms with Crippen LogP contribution in [0.2, 0.25) is 0 Å². The summed E-state index contributed by atoms with van der Waals surface area (Å²) in [5.41, 5.74) is 1.20. The van der Waals surface area contributed by atoms with Crippen molar-refractivity contribution < 1.29 is 23.2 Å². The lowest BCUT2D eigenvalue weighted by molar-refractivity contribution is -0.137. The first kappa shape index (κ1) is 14.8. The second-order valence-corrected chi connectivity index (χ2v) is 4.04. The summed E-state index contributed by atoms with van der Waals surface area (Å²) in [6, 6.07) is 7.36. The van der Waals surface area contributed by atoms with Crippen LogP contribution in [0.3, 0.4) is 0 Å². The minimum absolute atomic E-state index is 0.0834. The Morgan fingerprint density at radius 3 is 2.38 bits per heavy atom. The summed E-state index contributed by atoms with van der Waals surface area (Å²) in [4.78, 5) is 15.2. The zero-order valence-corrected chi connectivity index (χ0v) is 10.5. The third kappa shape index (κ3) is 3.48. The molecule has 0 fully saturated rings. The molecule has 0 bridgehead atoms. The number of pyridine rings is 1. The van der Waals surface area contributed by atoms with Crippen LogP contribution in [0.1, 0.15) is 16.1 Å². The number of rotatable bonds is 3. The Labute approximate surface area is 117 Å². The quantitative estimate of drug-likeness (QED) is 0.601. The molecule has 0 aliphatic heterocycles. The summed E-state index contributed by atoms with van der Waals surface area (Å²) in [6.45, 7) is 0. The fraction of sp³-hybridized carbons (Fsp3) is 0.0769. The smallest absolute Gasteiger partial charge is 0.354 e. The maximum absolute atomic E-state index is 12.5. The van der Waals surface area contributed by atoms with E-state index < -0.39 is 17.6 Å². The largest absolute Gasteiger partial charge is 0.416 e. The van der Waals surface area contributed by atoms with E-state index in [0.717, 1.165) is 12.1 Å². The van der Waals surface area contributed by atoms with E-state index >= 15 is 0 Å². The van der Waals surface area contributed by atoms with E-state index in [1.165, 1.54) is 29.9 Å². The van der Waals surface area contributed by atoms with Gasteiger partial charge >= 0.3 is 6.18 Å². The van der Waals surface area contributed by atoms with Crippen molar-refractivity contribution in [3.05, 3.63) is 53.9 Å². The van der Waals surface area contributed by atoms with E-state index in [1.54, 1.807) is 6.07 Å². The molecular formula is C13H10F3N3O2. The molecular weight excluding hydrogens is 287 g/mol. The Bertz CT molecular complexity index is 642. The van der Waals surface area contributed by atoms with Gasteiger partial charge in [0, 0.05) is 11.9 Å². The summed E-state index contributed by atoms with van der Waals surface area (Å²) in [6.07, 6.45) is -3.06. The van der Waals surface area contributed by atoms with Crippen LogP contribution in [-0.4, -0.2) is 16.1 Å². The molecule has 1 amide bonds. The van der Waals surface area contributed by atoms with Crippen molar-refractivity contribution in [3.8, 4) is 0 Å². The van der Waals surface area contributed by atoms with Crippen LogP contribution >= 0.6 is 0 Å². The SMILES string of the molecule is O=C(NO)c1ncccc1Nc1ccc(C(F)(F)F)cc1. The molecule has 1 heterocycles. The molecule has 8 heteroatoms. The zero-order valence-electron chi connectivity index (χ0n) is 10.5. The molecule has 1 aromatic carbocycles. The molecule has 2 rings (SSSR count). The normalized spacial score (nSPS) is 11.0. The fourth-order valence-corrected chi connectivity index (χ4v) is 1.64. The van der Waals surface area contributed by atoms with Crippen LogP contribution in [-0.2, 0) is 6.18 Å².